The van der Waals surface area contributed by atoms with E-state index in [4.69, 9.17) is 11.5 Å². The van der Waals surface area contributed by atoms with Crippen molar-refractivity contribution >= 4 is 11.6 Å². The first-order valence-corrected chi connectivity index (χ1v) is 7.26. The Labute approximate surface area is 120 Å². The van der Waals surface area contributed by atoms with E-state index in [9.17, 15) is 4.79 Å². The summed E-state index contributed by atoms with van der Waals surface area (Å²) in [5, 5.41) is 0. The third kappa shape index (κ3) is 3.10. The highest BCUT2D eigenvalue weighted by Crippen LogP contribution is 2.29. The van der Waals surface area contributed by atoms with Gasteiger partial charge in [0.2, 0.25) is 0 Å². The van der Waals surface area contributed by atoms with Crippen molar-refractivity contribution in [2.45, 2.75) is 33.1 Å². The molecule has 20 heavy (non-hydrogen) atoms. The molecule has 5 heteroatoms. The monoisotopic (exact) mass is 276 g/mol. The van der Waals surface area contributed by atoms with Gasteiger partial charge in [0.05, 0.1) is 16.9 Å². The number of amides is 1. The zero-order chi connectivity index (χ0) is 14.7. The van der Waals surface area contributed by atoms with Gasteiger partial charge in [0.25, 0.3) is 5.91 Å². The van der Waals surface area contributed by atoms with Gasteiger partial charge in [-0.15, -0.1) is 0 Å². The van der Waals surface area contributed by atoms with Gasteiger partial charge < -0.3 is 16.4 Å². The van der Waals surface area contributed by atoms with Crippen molar-refractivity contribution in [3.8, 4) is 0 Å². The summed E-state index contributed by atoms with van der Waals surface area (Å²) in [5.41, 5.74) is 14.3. The SMILES string of the molecule is Cc1cc(N2CCCC(CCN)C2)c(C(N)=O)c(C)n1. The van der Waals surface area contributed by atoms with Gasteiger partial charge in [-0.3, -0.25) is 9.78 Å². The number of nitrogens with zero attached hydrogens (tertiary/aromatic N) is 2. The summed E-state index contributed by atoms with van der Waals surface area (Å²) < 4.78 is 0. The van der Waals surface area contributed by atoms with E-state index in [-0.39, 0.29) is 0 Å². The highest BCUT2D eigenvalue weighted by Gasteiger charge is 2.24. The second-order valence-corrected chi connectivity index (χ2v) is 5.64. The fourth-order valence-corrected chi connectivity index (χ4v) is 3.12. The van der Waals surface area contributed by atoms with Crippen molar-refractivity contribution in [1.82, 2.24) is 4.98 Å². The predicted octanol–water partition coefficient (Wildman–Crippen LogP) is 1.36. The summed E-state index contributed by atoms with van der Waals surface area (Å²) in [5.74, 6) is 0.203. The van der Waals surface area contributed by atoms with Gasteiger partial charge in [0.1, 0.15) is 0 Å². The van der Waals surface area contributed by atoms with Crippen LogP contribution >= 0.6 is 0 Å². The molecule has 1 aliphatic heterocycles. The van der Waals surface area contributed by atoms with E-state index in [0.717, 1.165) is 43.9 Å². The molecule has 110 valence electrons. The van der Waals surface area contributed by atoms with E-state index in [2.05, 4.69) is 9.88 Å². The number of nitrogens with two attached hydrogens (primary N) is 2. The van der Waals surface area contributed by atoms with Crippen LogP contribution < -0.4 is 16.4 Å². The standard InChI is InChI=1S/C15H24N4O/c1-10-8-13(14(15(17)20)11(2)18-10)19-7-3-4-12(9-19)5-6-16/h8,12H,3-7,9,16H2,1-2H3,(H2,17,20). The first-order chi connectivity index (χ1) is 9.52. The Morgan fingerprint density at radius 1 is 1.50 bits per heavy atom. The van der Waals surface area contributed by atoms with Gasteiger partial charge in [-0.05, 0) is 51.6 Å². The minimum absolute atomic E-state index is 0.397. The number of carbonyl (C=O) groups is 1. The van der Waals surface area contributed by atoms with Crippen LogP contribution in [0.5, 0.6) is 0 Å². The molecule has 5 nitrogen and oxygen atoms in total. The Balaban J connectivity index is 2.33. The zero-order valence-corrected chi connectivity index (χ0v) is 12.4. The second kappa shape index (κ2) is 6.22. The van der Waals surface area contributed by atoms with E-state index in [0.29, 0.717) is 17.2 Å². The molecule has 1 unspecified atom stereocenters. The van der Waals surface area contributed by atoms with Crippen LogP contribution in [-0.4, -0.2) is 30.5 Å². The lowest BCUT2D eigenvalue weighted by atomic mass is 9.93. The number of rotatable bonds is 4. The van der Waals surface area contributed by atoms with Crippen LogP contribution in [0.2, 0.25) is 0 Å². The van der Waals surface area contributed by atoms with Crippen molar-refractivity contribution in [2.24, 2.45) is 17.4 Å². The van der Waals surface area contributed by atoms with E-state index in [1.165, 1.54) is 6.42 Å². The molecule has 0 saturated carbocycles. The maximum absolute atomic E-state index is 11.7. The molecular formula is C15H24N4O. The van der Waals surface area contributed by atoms with Crippen molar-refractivity contribution in [3.63, 3.8) is 0 Å². The normalized spacial score (nSPS) is 19.1. The Kier molecular flexibility index (Phi) is 4.60. The van der Waals surface area contributed by atoms with Gasteiger partial charge in [-0.1, -0.05) is 0 Å². The first kappa shape index (κ1) is 14.8. The third-order valence-corrected chi connectivity index (χ3v) is 3.99. The lowest BCUT2D eigenvalue weighted by molar-refractivity contribution is 0.0999. The summed E-state index contributed by atoms with van der Waals surface area (Å²) in [6, 6.07) is 1.97. The van der Waals surface area contributed by atoms with Crippen LogP contribution in [0.4, 0.5) is 5.69 Å². The number of pyridine rings is 1. The smallest absolute Gasteiger partial charge is 0.252 e. The summed E-state index contributed by atoms with van der Waals surface area (Å²) in [4.78, 5) is 18.4. The molecule has 1 aliphatic rings. The molecule has 4 N–H and O–H groups in total. The maximum atomic E-state index is 11.7. The molecule has 1 aromatic heterocycles. The molecule has 1 atom stereocenters. The highest BCUT2D eigenvalue weighted by atomic mass is 16.1. The molecule has 2 heterocycles. The summed E-state index contributed by atoms with van der Waals surface area (Å²) >= 11 is 0. The predicted molar refractivity (Wildman–Crippen MR) is 80.8 cm³/mol. The third-order valence-electron chi connectivity index (χ3n) is 3.99. The Morgan fingerprint density at radius 3 is 2.90 bits per heavy atom. The van der Waals surface area contributed by atoms with Crippen molar-refractivity contribution in [1.29, 1.82) is 0 Å². The molecule has 2 rings (SSSR count). The van der Waals surface area contributed by atoms with E-state index in [1.807, 2.05) is 19.9 Å². The van der Waals surface area contributed by atoms with Crippen LogP contribution in [0.3, 0.4) is 0 Å². The number of hydrogen-bond acceptors (Lipinski definition) is 4. The Bertz CT molecular complexity index is 499. The Hall–Kier alpha value is -1.62. The van der Waals surface area contributed by atoms with Crippen LogP contribution in [0, 0.1) is 19.8 Å². The molecular weight excluding hydrogens is 252 g/mol. The molecule has 0 aromatic carbocycles. The van der Waals surface area contributed by atoms with Crippen LogP contribution in [0.15, 0.2) is 6.07 Å². The molecule has 1 aromatic rings. The quantitative estimate of drug-likeness (QED) is 0.869. The van der Waals surface area contributed by atoms with Gasteiger partial charge in [-0.25, -0.2) is 0 Å². The molecule has 0 spiro atoms. The zero-order valence-electron chi connectivity index (χ0n) is 12.4. The number of hydrogen-bond donors (Lipinski definition) is 2. The average Bonchev–Trinajstić information content (AvgIpc) is 2.38. The first-order valence-electron chi connectivity index (χ1n) is 7.26. The topological polar surface area (TPSA) is 85.2 Å². The summed E-state index contributed by atoms with van der Waals surface area (Å²) in [6.45, 7) is 6.42. The molecule has 1 saturated heterocycles. The van der Waals surface area contributed by atoms with E-state index < -0.39 is 5.91 Å². The largest absolute Gasteiger partial charge is 0.371 e. The van der Waals surface area contributed by atoms with Crippen LogP contribution in [0.1, 0.15) is 41.0 Å². The average molecular weight is 276 g/mol. The maximum Gasteiger partial charge on any atom is 0.252 e. The fourth-order valence-electron chi connectivity index (χ4n) is 3.12. The van der Waals surface area contributed by atoms with Crippen molar-refractivity contribution < 1.29 is 4.79 Å². The van der Waals surface area contributed by atoms with Crippen molar-refractivity contribution in [2.75, 3.05) is 24.5 Å². The van der Waals surface area contributed by atoms with Gasteiger partial charge >= 0.3 is 0 Å². The molecule has 1 amide bonds. The van der Waals surface area contributed by atoms with Crippen LogP contribution in [0.25, 0.3) is 0 Å². The minimum atomic E-state index is -0.397. The Morgan fingerprint density at radius 2 is 2.25 bits per heavy atom. The summed E-state index contributed by atoms with van der Waals surface area (Å²) in [7, 11) is 0. The number of anilines is 1. The van der Waals surface area contributed by atoms with E-state index in [1.54, 1.807) is 0 Å². The molecule has 1 fully saturated rings. The second-order valence-electron chi connectivity index (χ2n) is 5.64. The minimum Gasteiger partial charge on any atom is -0.371 e. The number of aryl methyl sites for hydroxylation is 2. The number of piperidine rings is 1. The van der Waals surface area contributed by atoms with Gasteiger partial charge in [0.15, 0.2) is 0 Å². The number of carbonyl (C=O) groups excluding carboxylic acids is 1. The number of primary amides is 1. The molecule has 0 radical (unpaired) electrons. The number of aromatic nitrogens is 1. The van der Waals surface area contributed by atoms with Crippen molar-refractivity contribution in [3.05, 3.63) is 23.0 Å². The van der Waals surface area contributed by atoms with E-state index >= 15 is 0 Å². The van der Waals surface area contributed by atoms with Gasteiger partial charge in [-0.2, -0.15) is 0 Å². The summed E-state index contributed by atoms with van der Waals surface area (Å²) in [6.07, 6.45) is 3.37. The van der Waals surface area contributed by atoms with Crippen LogP contribution in [-0.2, 0) is 0 Å². The fraction of sp³-hybridized carbons (Fsp3) is 0.600. The highest BCUT2D eigenvalue weighted by molar-refractivity contribution is 5.99. The van der Waals surface area contributed by atoms with Gasteiger partial charge in [0, 0.05) is 18.8 Å². The lowest BCUT2D eigenvalue weighted by Gasteiger charge is -2.35. The molecule has 0 aliphatic carbocycles. The molecule has 0 bridgehead atoms. The lowest BCUT2D eigenvalue weighted by Crippen LogP contribution is -2.37.